The molecule has 2 unspecified atom stereocenters. The number of hydrogen-bond donors (Lipinski definition) is 2. The molecular weight excluding hydrogens is 244 g/mol. The van der Waals surface area contributed by atoms with Crippen molar-refractivity contribution in [2.45, 2.75) is 70.9 Å². The number of urea groups is 1. The third kappa shape index (κ3) is 3.39. The van der Waals surface area contributed by atoms with E-state index in [1.807, 2.05) is 13.8 Å². The van der Waals surface area contributed by atoms with Crippen LogP contribution in [0.5, 0.6) is 0 Å². The molecule has 5 heteroatoms. The summed E-state index contributed by atoms with van der Waals surface area (Å²) in [5.41, 5.74) is -0.995. The average Bonchev–Trinajstić information content (AvgIpc) is 2.74. The lowest BCUT2D eigenvalue weighted by Gasteiger charge is -2.35. The van der Waals surface area contributed by atoms with Crippen molar-refractivity contribution in [2.24, 2.45) is 0 Å². The number of rotatable bonds is 6. The largest absolute Gasteiger partial charge is 0.479 e. The van der Waals surface area contributed by atoms with Crippen molar-refractivity contribution in [3.8, 4) is 0 Å². The summed E-state index contributed by atoms with van der Waals surface area (Å²) in [6.07, 6.45) is 4.53. The maximum Gasteiger partial charge on any atom is 0.329 e. The normalized spacial score (nSPS) is 24.3. The van der Waals surface area contributed by atoms with E-state index >= 15 is 0 Å². The van der Waals surface area contributed by atoms with Gasteiger partial charge in [0.25, 0.3) is 0 Å². The van der Waals surface area contributed by atoms with Crippen LogP contribution in [-0.4, -0.2) is 40.1 Å². The van der Waals surface area contributed by atoms with Gasteiger partial charge in [0.2, 0.25) is 0 Å². The lowest BCUT2D eigenvalue weighted by atomic mass is 9.91. The van der Waals surface area contributed by atoms with E-state index in [-0.39, 0.29) is 12.1 Å². The number of carbonyl (C=O) groups is 2. The monoisotopic (exact) mass is 270 g/mol. The molecule has 1 heterocycles. The second kappa shape index (κ2) is 6.78. The minimum absolute atomic E-state index is 0.0891. The summed E-state index contributed by atoms with van der Waals surface area (Å²) in [7, 11) is 0. The molecule has 1 aliphatic heterocycles. The van der Waals surface area contributed by atoms with Crippen molar-refractivity contribution in [1.82, 2.24) is 10.2 Å². The van der Waals surface area contributed by atoms with Gasteiger partial charge in [-0.3, -0.25) is 0 Å². The van der Waals surface area contributed by atoms with Gasteiger partial charge in [0, 0.05) is 12.6 Å². The van der Waals surface area contributed by atoms with E-state index < -0.39 is 11.5 Å². The summed E-state index contributed by atoms with van der Waals surface area (Å²) in [6.45, 7) is 6.52. The molecule has 0 saturated carbocycles. The molecular formula is C14H26N2O3. The van der Waals surface area contributed by atoms with Gasteiger partial charge in [0.05, 0.1) is 0 Å². The fourth-order valence-corrected chi connectivity index (χ4v) is 2.97. The average molecular weight is 270 g/mol. The van der Waals surface area contributed by atoms with Crippen LogP contribution in [0.2, 0.25) is 0 Å². The van der Waals surface area contributed by atoms with Crippen LogP contribution in [0, 0.1) is 0 Å². The summed E-state index contributed by atoms with van der Waals surface area (Å²) < 4.78 is 0. The Balaban J connectivity index is 2.79. The third-order valence-corrected chi connectivity index (χ3v) is 3.89. The molecule has 1 saturated heterocycles. The number of amides is 2. The highest BCUT2D eigenvalue weighted by atomic mass is 16.4. The molecule has 1 rings (SSSR count). The van der Waals surface area contributed by atoms with Gasteiger partial charge >= 0.3 is 12.0 Å². The van der Waals surface area contributed by atoms with Gasteiger partial charge in [-0.25, -0.2) is 9.59 Å². The highest BCUT2D eigenvalue weighted by Gasteiger charge is 2.49. The fourth-order valence-electron chi connectivity index (χ4n) is 2.97. The maximum absolute atomic E-state index is 12.3. The fraction of sp³-hybridized carbons (Fsp3) is 0.857. The molecule has 0 aromatic heterocycles. The Bertz CT molecular complexity index is 333. The number of carboxylic acid groups (broad SMARTS) is 1. The Morgan fingerprint density at radius 1 is 1.37 bits per heavy atom. The molecule has 5 nitrogen and oxygen atoms in total. The first-order valence-electron chi connectivity index (χ1n) is 7.29. The van der Waals surface area contributed by atoms with Gasteiger partial charge in [-0.05, 0) is 32.6 Å². The van der Waals surface area contributed by atoms with Gasteiger partial charge < -0.3 is 15.3 Å². The maximum atomic E-state index is 12.3. The van der Waals surface area contributed by atoms with Crippen LogP contribution in [0.3, 0.4) is 0 Å². The molecule has 0 spiro atoms. The molecule has 2 amide bonds. The highest BCUT2D eigenvalue weighted by molar-refractivity contribution is 5.87. The quantitative estimate of drug-likeness (QED) is 0.779. The lowest BCUT2D eigenvalue weighted by Crippen LogP contribution is -2.57. The molecule has 0 bridgehead atoms. The van der Waals surface area contributed by atoms with Gasteiger partial charge in [-0.15, -0.1) is 0 Å². The van der Waals surface area contributed by atoms with E-state index in [4.69, 9.17) is 0 Å². The van der Waals surface area contributed by atoms with E-state index in [0.717, 1.165) is 25.7 Å². The zero-order valence-corrected chi connectivity index (χ0v) is 12.2. The Morgan fingerprint density at radius 3 is 2.58 bits per heavy atom. The molecule has 1 aliphatic rings. The number of nitrogens with zero attached hydrogens (tertiary/aromatic N) is 1. The zero-order valence-electron chi connectivity index (χ0n) is 12.2. The molecule has 0 aliphatic carbocycles. The van der Waals surface area contributed by atoms with E-state index in [2.05, 4.69) is 12.2 Å². The summed E-state index contributed by atoms with van der Waals surface area (Å²) in [5, 5.41) is 12.4. The minimum atomic E-state index is -0.995. The standard InChI is InChI=1S/C14H26N2O3/c1-4-7-11(3)15-13(19)16-10-6-9-14(16,8-5-2)12(17)18/h11H,4-10H2,1-3H3,(H,15,19)(H,17,18). The topological polar surface area (TPSA) is 69.6 Å². The SMILES string of the molecule is CCCC(C)NC(=O)N1CCCC1(CCC)C(=O)O. The van der Waals surface area contributed by atoms with Crippen LogP contribution < -0.4 is 5.32 Å². The van der Waals surface area contributed by atoms with E-state index in [1.165, 1.54) is 4.90 Å². The van der Waals surface area contributed by atoms with Crippen LogP contribution in [-0.2, 0) is 4.79 Å². The van der Waals surface area contributed by atoms with Gasteiger partial charge in [0.1, 0.15) is 5.54 Å². The smallest absolute Gasteiger partial charge is 0.329 e. The van der Waals surface area contributed by atoms with Crippen LogP contribution in [0.15, 0.2) is 0 Å². The molecule has 0 aromatic rings. The summed E-state index contributed by atoms with van der Waals surface area (Å²) >= 11 is 0. The predicted molar refractivity (Wildman–Crippen MR) is 74.1 cm³/mol. The van der Waals surface area contributed by atoms with Crippen molar-refractivity contribution >= 4 is 12.0 Å². The number of nitrogens with one attached hydrogen (secondary N) is 1. The third-order valence-electron chi connectivity index (χ3n) is 3.89. The first-order chi connectivity index (χ1) is 8.97. The van der Waals surface area contributed by atoms with Gasteiger partial charge in [-0.2, -0.15) is 0 Å². The highest BCUT2D eigenvalue weighted by Crippen LogP contribution is 2.34. The van der Waals surface area contributed by atoms with Gasteiger partial charge in [0.15, 0.2) is 0 Å². The molecule has 0 radical (unpaired) electrons. The number of aliphatic carboxylic acids is 1. The Labute approximate surface area is 115 Å². The van der Waals surface area contributed by atoms with Crippen LogP contribution >= 0.6 is 0 Å². The van der Waals surface area contributed by atoms with E-state index in [9.17, 15) is 14.7 Å². The number of carboxylic acids is 1. The molecule has 2 N–H and O–H groups in total. The second-order valence-corrected chi connectivity index (χ2v) is 5.48. The van der Waals surface area contributed by atoms with Crippen LogP contribution in [0.1, 0.15) is 59.3 Å². The zero-order chi connectivity index (χ0) is 14.5. The number of likely N-dealkylation sites (tertiary alicyclic amines) is 1. The molecule has 2 atom stereocenters. The summed E-state index contributed by atoms with van der Waals surface area (Å²) in [5.74, 6) is -0.870. The molecule has 19 heavy (non-hydrogen) atoms. The number of carbonyl (C=O) groups excluding carboxylic acids is 1. The Hall–Kier alpha value is -1.26. The predicted octanol–water partition coefficient (Wildman–Crippen LogP) is 2.60. The Morgan fingerprint density at radius 2 is 2.05 bits per heavy atom. The van der Waals surface area contributed by atoms with E-state index in [1.54, 1.807) is 0 Å². The summed E-state index contributed by atoms with van der Waals surface area (Å²) in [6, 6.07) is -0.138. The lowest BCUT2D eigenvalue weighted by molar-refractivity contribution is -0.148. The van der Waals surface area contributed by atoms with Crippen molar-refractivity contribution < 1.29 is 14.7 Å². The van der Waals surface area contributed by atoms with Crippen molar-refractivity contribution in [1.29, 1.82) is 0 Å². The molecule has 110 valence electrons. The van der Waals surface area contributed by atoms with Crippen molar-refractivity contribution in [3.63, 3.8) is 0 Å². The van der Waals surface area contributed by atoms with Crippen LogP contribution in [0.4, 0.5) is 4.79 Å². The molecule has 0 aromatic carbocycles. The van der Waals surface area contributed by atoms with Crippen molar-refractivity contribution in [2.75, 3.05) is 6.54 Å². The van der Waals surface area contributed by atoms with Gasteiger partial charge in [-0.1, -0.05) is 26.7 Å². The Kier molecular flexibility index (Phi) is 5.63. The van der Waals surface area contributed by atoms with Crippen molar-refractivity contribution in [3.05, 3.63) is 0 Å². The minimum Gasteiger partial charge on any atom is -0.479 e. The molecule has 1 fully saturated rings. The van der Waals surface area contributed by atoms with Crippen LogP contribution in [0.25, 0.3) is 0 Å². The number of hydrogen-bond acceptors (Lipinski definition) is 2. The van der Waals surface area contributed by atoms with E-state index in [0.29, 0.717) is 19.4 Å². The first kappa shape index (κ1) is 15.8. The summed E-state index contributed by atoms with van der Waals surface area (Å²) in [4.78, 5) is 25.4. The second-order valence-electron chi connectivity index (χ2n) is 5.48. The first-order valence-corrected chi connectivity index (χ1v) is 7.29.